The summed E-state index contributed by atoms with van der Waals surface area (Å²) < 4.78 is 20.5. The first-order valence-electron chi connectivity index (χ1n) is 6.33. The summed E-state index contributed by atoms with van der Waals surface area (Å²) in [4.78, 5) is 0. The zero-order valence-corrected chi connectivity index (χ0v) is 13.8. The third-order valence-corrected chi connectivity index (χ3v) is 3.29. The minimum Gasteiger partial charge on any atom is -0.424 e. The van der Waals surface area contributed by atoms with Gasteiger partial charge in [0.25, 0.3) is 0 Å². The van der Waals surface area contributed by atoms with E-state index in [9.17, 15) is 8.42 Å². The Balaban J connectivity index is 0. The van der Waals surface area contributed by atoms with Crippen molar-refractivity contribution < 1.29 is 38.0 Å². The van der Waals surface area contributed by atoms with Gasteiger partial charge in [-0.3, -0.25) is 0 Å². The van der Waals surface area contributed by atoms with Crippen LogP contribution in [0.4, 0.5) is 0 Å². The normalized spacial score (nSPS) is 10.4. The van der Waals surface area contributed by atoms with E-state index in [2.05, 4.69) is 6.92 Å². The molecule has 16 heavy (non-hydrogen) atoms. The molecule has 0 aliphatic rings. The summed E-state index contributed by atoms with van der Waals surface area (Å²) in [7, 11) is -1.83. The molecule has 92 valence electrons. The molecule has 0 N–H and O–H groups in total. The van der Waals surface area contributed by atoms with Gasteiger partial charge in [-0.25, -0.2) is 0 Å². The molecule has 0 aromatic rings. The molecule has 0 saturated carbocycles. The number of hydrogen-bond acceptors (Lipinski definition) is 3. The third kappa shape index (κ3) is 17.3. The maximum Gasteiger partial charge on any atom is 1.00 e. The van der Waals surface area contributed by atoms with Gasteiger partial charge < -0.3 is 8.42 Å². The van der Waals surface area contributed by atoms with Gasteiger partial charge in [-0.1, -0.05) is 87.6 Å². The molecule has 0 aromatic heterocycles. The van der Waals surface area contributed by atoms with Gasteiger partial charge >= 0.3 is 29.6 Å². The first-order chi connectivity index (χ1) is 7.27. The van der Waals surface area contributed by atoms with E-state index in [-0.39, 0.29) is 29.6 Å². The molecule has 0 rings (SSSR count). The van der Waals surface area contributed by atoms with Crippen LogP contribution in [0.25, 0.3) is 0 Å². The molecule has 0 bridgehead atoms. The molecule has 0 unspecified atom stereocenters. The van der Waals surface area contributed by atoms with Crippen LogP contribution in [0.3, 0.4) is 0 Å². The van der Waals surface area contributed by atoms with E-state index < -0.39 is 10.7 Å². The van der Waals surface area contributed by atoms with E-state index in [1.54, 1.807) is 0 Å². The number of unbranched alkanes of at least 4 members (excludes halogenated alkanes) is 9. The molecule has 0 saturated heterocycles. The predicted octanol–water partition coefficient (Wildman–Crippen LogP) is 1.22. The van der Waals surface area contributed by atoms with Crippen molar-refractivity contribution in [2.24, 2.45) is 0 Å². The second-order valence-electron chi connectivity index (χ2n) is 4.19. The van der Waals surface area contributed by atoms with Crippen LogP contribution in [0, 0.1) is 0 Å². The smallest absolute Gasteiger partial charge is 0.424 e. The van der Waals surface area contributed by atoms with E-state index in [1.165, 1.54) is 51.4 Å². The molecule has 0 radical (unpaired) electrons. The topological polar surface area (TPSA) is 34.1 Å². The molecular weight excluding hydrogens is 231 g/mol. The molecule has 0 amide bonds. The van der Waals surface area contributed by atoms with Gasteiger partial charge in [0.2, 0.25) is 0 Å². The average molecular weight is 256 g/mol. The van der Waals surface area contributed by atoms with Gasteiger partial charge in [0.05, 0.1) is 0 Å². The van der Waals surface area contributed by atoms with Gasteiger partial charge in [0, 0.05) is 0 Å². The van der Waals surface area contributed by atoms with Crippen LogP contribution >= 0.6 is 0 Å². The molecule has 0 spiro atoms. The molecule has 0 aliphatic heterocycles. The Labute approximate surface area is 125 Å². The van der Waals surface area contributed by atoms with Crippen molar-refractivity contribution in [3.05, 3.63) is 0 Å². The minimum atomic E-state index is -1.83. The summed E-state index contributed by atoms with van der Waals surface area (Å²) in [5.41, 5.74) is 0. The molecule has 0 atom stereocenters. The molecule has 0 aromatic carbocycles. The first kappa shape index (κ1) is 19.3. The predicted molar refractivity (Wildman–Crippen MR) is 65.4 cm³/mol. The molecule has 2 nitrogen and oxygen atoms in total. The van der Waals surface area contributed by atoms with Crippen molar-refractivity contribution in [2.75, 3.05) is 5.75 Å². The summed E-state index contributed by atoms with van der Waals surface area (Å²) in [5, 5.41) is 0. The number of hydrogen-bond donors (Lipinski definition) is 0. The summed E-state index contributed by atoms with van der Waals surface area (Å²) in [6.07, 6.45) is 12.5. The minimum absolute atomic E-state index is 0. The van der Waals surface area contributed by atoms with Crippen LogP contribution in [0.5, 0.6) is 0 Å². The van der Waals surface area contributed by atoms with Crippen molar-refractivity contribution in [1.29, 1.82) is 0 Å². The fourth-order valence-electron chi connectivity index (χ4n) is 1.71. The summed E-state index contributed by atoms with van der Waals surface area (Å²) >= 11 is 0. The van der Waals surface area contributed by atoms with Crippen molar-refractivity contribution in [3.63, 3.8) is 0 Å². The van der Waals surface area contributed by atoms with Gasteiger partial charge in [-0.2, -0.15) is 0 Å². The first-order valence-corrected chi connectivity index (χ1v) is 7.57. The van der Waals surface area contributed by atoms with Gasteiger partial charge in [-0.15, -0.1) is 0 Å². The SMILES string of the molecule is CCCCCCCCCCCC[S-](=O)=O.[Na+]. The second-order valence-corrected chi connectivity index (χ2v) is 5.21. The summed E-state index contributed by atoms with van der Waals surface area (Å²) in [6, 6.07) is 0. The van der Waals surface area contributed by atoms with Crippen LogP contribution < -0.4 is 29.6 Å². The molecular formula is C12H25NaO2S. The molecule has 0 fully saturated rings. The monoisotopic (exact) mass is 256 g/mol. The largest absolute Gasteiger partial charge is 1.00 e. The van der Waals surface area contributed by atoms with Crippen LogP contribution in [-0.4, -0.2) is 5.75 Å². The van der Waals surface area contributed by atoms with Crippen LogP contribution in [0.1, 0.15) is 71.1 Å². The number of rotatable bonds is 11. The second kappa shape index (κ2) is 16.0. The zero-order valence-electron chi connectivity index (χ0n) is 11.0. The van der Waals surface area contributed by atoms with Crippen molar-refractivity contribution in [2.45, 2.75) is 71.1 Å². The Hall–Kier alpha value is 0.950. The van der Waals surface area contributed by atoms with Gasteiger partial charge in [0.15, 0.2) is 0 Å². The Morgan fingerprint density at radius 2 is 1.06 bits per heavy atom. The quantitative estimate of drug-likeness (QED) is 0.316. The molecule has 4 heteroatoms. The summed E-state index contributed by atoms with van der Waals surface area (Å²) in [5.74, 6) is 0.344. The Morgan fingerprint density at radius 1 is 0.688 bits per heavy atom. The van der Waals surface area contributed by atoms with Crippen molar-refractivity contribution in [3.8, 4) is 0 Å². The standard InChI is InChI=1S/C12H25O2S.Na/c1-2-3-4-5-6-7-8-9-10-11-12-15(13)14;/h2-12H2,1H3;/q-1;+1. The maximum absolute atomic E-state index is 10.2. The van der Waals surface area contributed by atoms with Crippen molar-refractivity contribution >= 4 is 10.7 Å². The third-order valence-electron chi connectivity index (χ3n) is 2.66. The van der Waals surface area contributed by atoms with Crippen LogP contribution in [0.2, 0.25) is 0 Å². The van der Waals surface area contributed by atoms with Crippen LogP contribution in [0.15, 0.2) is 0 Å². The maximum atomic E-state index is 10.2. The van der Waals surface area contributed by atoms with E-state index in [0.29, 0.717) is 5.75 Å². The van der Waals surface area contributed by atoms with Crippen molar-refractivity contribution in [1.82, 2.24) is 0 Å². The summed E-state index contributed by atoms with van der Waals surface area (Å²) in [6.45, 7) is 2.24. The van der Waals surface area contributed by atoms with E-state index >= 15 is 0 Å². The van der Waals surface area contributed by atoms with E-state index in [4.69, 9.17) is 0 Å². The molecule has 0 heterocycles. The Morgan fingerprint density at radius 3 is 1.44 bits per heavy atom. The molecule has 0 aliphatic carbocycles. The average Bonchev–Trinajstić information content (AvgIpc) is 2.20. The zero-order chi connectivity index (χ0) is 11.4. The van der Waals surface area contributed by atoms with Crippen LogP contribution in [-0.2, 0) is 19.1 Å². The fraction of sp³-hybridized carbons (Fsp3) is 1.00. The van der Waals surface area contributed by atoms with Gasteiger partial charge in [-0.05, 0) is 0 Å². The Bertz CT molecular complexity index is 185. The van der Waals surface area contributed by atoms with E-state index in [0.717, 1.165) is 12.8 Å². The Kier molecular flexibility index (Phi) is 19.2. The fourth-order valence-corrected chi connectivity index (χ4v) is 2.15. The van der Waals surface area contributed by atoms with E-state index in [1.807, 2.05) is 0 Å². The van der Waals surface area contributed by atoms with Gasteiger partial charge in [0.1, 0.15) is 0 Å².